The summed E-state index contributed by atoms with van der Waals surface area (Å²) in [5.41, 5.74) is 5.46. The summed E-state index contributed by atoms with van der Waals surface area (Å²) in [6.45, 7) is 3.35. The van der Waals surface area contributed by atoms with Crippen LogP contribution in [0.25, 0.3) is 0 Å². The predicted octanol–water partition coefficient (Wildman–Crippen LogP) is 1.97. The Morgan fingerprint density at radius 3 is 2.39 bits per heavy atom. The summed E-state index contributed by atoms with van der Waals surface area (Å²) < 4.78 is 5.35. The highest BCUT2D eigenvalue weighted by Gasteiger charge is 2.38. The molecule has 0 bridgehead atoms. The number of nitrogens with two attached hydrogens (primary N) is 1. The van der Waals surface area contributed by atoms with Crippen LogP contribution in [-0.4, -0.2) is 56.7 Å². The molecule has 3 N–H and O–H groups in total. The fourth-order valence-electron chi connectivity index (χ4n) is 3.52. The second-order valence-electron chi connectivity index (χ2n) is 6.63. The van der Waals surface area contributed by atoms with Crippen LogP contribution in [0.1, 0.15) is 44.9 Å². The fraction of sp³-hybridized carbons (Fsp3) is 0.938. The molecule has 1 aliphatic heterocycles. The van der Waals surface area contributed by atoms with Gasteiger partial charge in [-0.15, -0.1) is 24.8 Å². The summed E-state index contributed by atoms with van der Waals surface area (Å²) >= 11 is 0. The SMILES string of the molecule is CN(CCNC(=O)C1(CN)CCOCC1)C1CCCCC1.Cl.Cl. The van der Waals surface area contributed by atoms with Crippen LogP contribution in [0.3, 0.4) is 0 Å². The van der Waals surface area contributed by atoms with E-state index < -0.39 is 5.41 Å². The largest absolute Gasteiger partial charge is 0.381 e. The van der Waals surface area contributed by atoms with Crippen LogP contribution in [0, 0.1) is 5.41 Å². The summed E-state index contributed by atoms with van der Waals surface area (Å²) in [5, 5.41) is 3.10. The highest BCUT2D eigenvalue weighted by Crippen LogP contribution is 2.29. The minimum absolute atomic E-state index is 0. The van der Waals surface area contributed by atoms with Crippen molar-refractivity contribution in [2.24, 2.45) is 11.1 Å². The Kier molecular flexibility index (Phi) is 11.4. The Labute approximate surface area is 152 Å². The average molecular weight is 370 g/mol. The highest BCUT2D eigenvalue weighted by atomic mass is 35.5. The number of nitrogens with one attached hydrogen (secondary N) is 1. The van der Waals surface area contributed by atoms with E-state index in [1.54, 1.807) is 0 Å². The molecular weight excluding hydrogens is 337 g/mol. The van der Waals surface area contributed by atoms with Crippen LogP contribution in [0.5, 0.6) is 0 Å². The van der Waals surface area contributed by atoms with E-state index in [0.717, 1.165) is 19.4 Å². The van der Waals surface area contributed by atoms with Crippen molar-refractivity contribution in [1.82, 2.24) is 10.2 Å². The van der Waals surface area contributed by atoms with Crippen LogP contribution < -0.4 is 11.1 Å². The number of halogens is 2. The lowest BCUT2D eigenvalue weighted by atomic mass is 9.79. The molecule has 0 radical (unpaired) electrons. The molecule has 138 valence electrons. The number of hydrogen-bond donors (Lipinski definition) is 2. The molecule has 0 aromatic carbocycles. The molecule has 5 nitrogen and oxygen atoms in total. The van der Waals surface area contributed by atoms with Gasteiger partial charge in [0.2, 0.25) is 5.91 Å². The molecule has 0 atom stereocenters. The summed E-state index contributed by atoms with van der Waals surface area (Å²) in [6, 6.07) is 0.696. The summed E-state index contributed by atoms with van der Waals surface area (Å²) in [4.78, 5) is 14.8. The lowest BCUT2D eigenvalue weighted by Gasteiger charge is -2.35. The van der Waals surface area contributed by atoms with E-state index in [1.165, 1.54) is 32.1 Å². The van der Waals surface area contributed by atoms with Crippen LogP contribution in [0.2, 0.25) is 0 Å². The lowest BCUT2D eigenvalue weighted by molar-refractivity contribution is -0.135. The molecule has 0 unspecified atom stereocenters. The molecular formula is C16H33Cl2N3O2. The van der Waals surface area contributed by atoms with Gasteiger partial charge in [0.05, 0.1) is 5.41 Å². The molecule has 0 spiro atoms. The van der Waals surface area contributed by atoms with Gasteiger partial charge in [-0.3, -0.25) is 4.79 Å². The molecule has 23 heavy (non-hydrogen) atoms. The van der Waals surface area contributed by atoms with Crippen molar-refractivity contribution in [1.29, 1.82) is 0 Å². The van der Waals surface area contributed by atoms with Crippen molar-refractivity contribution in [3.63, 3.8) is 0 Å². The molecule has 0 aromatic heterocycles. The second kappa shape index (κ2) is 11.5. The summed E-state index contributed by atoms with van der Waals surface area (Å²) in [5.74, 6) is 0.116. The van der Waals surface area contributed by atoms with Crippen LogP contribution in [0.4, 0.5) is 0 Å². The Morgan fingerprint density at radius 1 is 1.22 bits per heavy atom. The average Bonchev–Trinajstić information content (AvgIpc) is 2.56. The lowest BCUT2D eigenvalue weighted by Crippen LogP contribution is -2.50. The summed E-state index contributed by atoms with van der Waals surface area (Å²) in [7, 11) is 2.18. The first-order valence-electron chi connectivity index (χ1n) is 8.44. The van der Waals surface area contributed by atoms with E-state index >= 15 is 0 Å². The van der Waals surface area contributed by atoms with Gasteiger partial charge in [0.15, 0.2) is 0 Å². The number of hydrogen-bond acceptors (Lipinski definition) is 4. The van der Waals surface area contributed by atoms with Crippen LogP contribution in [0.15, 0.2) is 0 Å². The smallest absolute Gasteiger partial charge is 0.227 e. The van der Waals surface area contributed by atoms with Crippen molar-refractivity contribution in [2.45, 2.75) is 51.0 Å². The maximum atomic E-state index is 12.4. The fourth-order valence-corrected chi connectivity index (χ4v) is 3.52. The van der Waals surface area contributed by atoms with Crippen molar-refractivity contribution in [3.05, 3.63) is 0 Å². The molecule has 2 fully saturated rings. The van der Waals surface area contributed by atoms with E-state index in [1.807, 2.05) is 0 Å². The number of ether oxygens (including phenoxy) is 1. The maximum absolute atomic E-state index is 12.4. The van der Waals surface area contributed by atoms with Crippen molar-refractivity contribution in [3.8, 4) is 0 Å². The third kappa shape index (κ3) is 6.39. The number of nitrogens with zero attached hydrogens (tertiary/aromatic N) is 1. The van der Waals surface area contributed by atoms with Crippen molar-refractivity contribution >= 4 is 30.7 Å². The molecule has 2 aliphatic rings. The first-order chi connectivity index (χ1) is 10.2. The van der Waals surface area contributed by atoms with Gasteiger partial charge in [-0.05, 0) is 32.7 Å². The molecule has 1 saturated carbocycles. The van der Waals surface area contributed by atoms with Crippen molar-refractivity contribution in [2.75, 3.05) is 39.9 Å². The first-order valence-corrected chi connectivity index (χ1v) is 8.44. The third-order valence-electron chi connectivity index (χ3n) is 5.27. The number of rotatable bonds is 6. The molecule has 7 heteroatoms. The van der Waals surface area contributed by atoms with Gasteiger partial charge in [-0.25, -0.2) is 0 Å². The third-order valence-corrected chi connectivity index (χ3v) is 5.27. The van der Waals surface area contributed by atoms with Gasteiger partial charge < -0.3 is 20.7 Å². The zero-order valence-corrected chi connectivity index (χ0v) is 15.9. The second-order valence-corrected chi connectivity index (χ2v) is 6.63. The zero-order chi connectivity index (χ0) is 15.1. The van der Waals surface area contributed by atoms with E-state index in [4.69, 9.17) is 10.5 Å². The monoisotopic (exact) mass is 369 g/mol. The Morgan fingerprint density at radius 2 is 1.83 bits per heavy atom. The minimum atomic E-state index is -0.401. The van der Waals surface area contributed by atoms with E-state index in [9.17, 15) is 4.79 Å². The van der Waals surface area contributed by atoms with Gasteiger partial charge in [0.1, 0.15) is 0 Å². The Bertz CT molecular complexity index is 333. The van der Waals surface area contributed by atoms with Gasteiger partial charge in [0.25, 0.3) is 0 Å². The predicted molar refractivity (Wildman–Crippen MR) is 98.5 cm³/mol. The van der Waals surface area contributed by atoms with Gasteiger partial charge in [-0.2, -0.15) is 0 Å². The van der Waals surface area contributed by atoms with E-state index in [-0.39, 0.29) is 30.7 Å². The number of carbonyl (C=O) groups is 1. The number of amides is 1. The van der Waals surface area contributed by atoms with Crippen molar-refractivity contribution < 1.29 is 9.53 Å². The standard InChI is InChI=1S/C16H31N3O2.2ClH/c1-19(14-5-3-2-4-6-14)10-9-18-15(20)16(13-17)7-11-21-12-8-16;;/h14H,2-13,17H2,1H3,(H,18,20);2*1H. The first kappa shape index (κ1) is 22.9. The number of likely N-dealkylation sites (N-methyl/N-ethyl adjacent to an activating group) is 1. The zero-order valence-electron chi connectivity index (χ0n) is 14.2. The Hall–Kier alpha value is -0.0700. The normalized spacial score (nSPS) is 21.2. The number of carbonyl (C=O) groups excluding carboxylic acids is 1. The summed E-state index contributed by atoms with van der Waals surface area (Å²) in [6.07, 6.45) is 8.15. The van der Waals surface area contributed by atoms with E-state index in [0.29, 0.717) is 32.3 Å². The molecule has 1 heterocycles. The molecule has 1 aliphatic carbocycles. The Balaban J connectivity index is 0.00000242. The molecule has 1 saturated heterocycles. The van der Waals surface area contributed by atoms with Gasteiger partial charge in [-0.1, -0.05) is 19.3 Å². The van der Waals surface area contributed by atoms with Gasteiger partial charge >= 0.3 is 0 Å². The molecule has 1 amide bonds. The maximum Gasteiger partial charge on any atom is 0.227 e. The van der Waals surface area contributed by atoms with Crippen LogP contribution >= 0.6 is 24.8 Å². The van der Waals surface area contributed by atoms with Gasteiger partial charge in [0, 0.05) is 38.9 Å². The molecule has 2 rings (SSSR count). The minimum Gasteiger partial charge on any atom is -0.381 e. The quantitative estimate of drug-likeness (QED) is 0.750. The van der Waals surface area contributed by atoms with E-state index in [2.05, 4.69) is 17.3 Å². The van der Waals surface area contributed by atoms with Crippen LogP contribution in [-0.2, 0) is 9.53 Å². The highest BCUT2D eigenvalue weighted by molar-refractivity contribution is 5.85. The topological polar surface area (TPSA) is 67.6 Å². The molecule has 0 aromatic rings.